The van der Waals surface area contributed by atoms with Gasteiger partial charge in [0.15, 0.2) is 5.76 Å². The summed E-state index contributed by atoms with van der Waals surface area (Å²) in [5.41, 5.74) is 1.99. The molecule has 3 N–H and O–H groups in total. The van der Waals surface area contributed by atoms with Crippen LogP contribution in [0.3, 0.4) is 0 Å². The van der Waals surface area contributed by atoms with E-state index in [1.165, 1.54) is 6.07 Å². The molecule has 0 spiro atoms. The van der Waals surface area contributed by atoms with Crippen LogP contribution in [-0.4, -0.2) is 20.9 Å². The Balaban J connectivity index is 2.10. The number of nitrogens with two attached hydrogens (primary N) is 1. The van der Waals surface area contributed by atoms with Crippen molar-refractivity contribution < 1.29 is 17.6 Å². The van der Waals surface area contributed by atoms with Gasteiger partial charge in [-0.1, -0.05) is 38.1 Å². The van der Waals surface area contributed by atoms with Crippen LogP contribution < -0.4 is 10.5 Å². The molecule has 6 nitrogen and oxygen atoms in total. The zero-order valence-corrected chi connectivity index (χ0v) is 14.1. The number of hydrogen-bond acceptors (Lipinski definition) is 4. The van der Waals surface area contributed by atoms with Crippen molar-refractivity contribution in [2.24, 2.45) is 5.14 Å². The molecule has 0 atom stereocenters. The minimum absolute atomic E-state index is 0.0883. The van der Waals surface area contributed by atoms with Crippen molar-refractivity contribution in [3.63, 3.8) is 0 Å². The molecule has 0 saturated carbocycles. The largest absolute Gasteiger partial charge is 0.438 e. The van der Waals surface area contributed by atoms with Crippen LogP contribution in [0.5, 0.6) is 0 Å². The van der Waals surface area contributed by atoms with Crippen molar-refractivity contribution in [2.45, 2.75) is 31.3 Å². The summed E-state index contributed by atoms with van der Waals surface area (Å²) in [6.07, 6.45) is 0. The Bertz CT molecular complexity index is 822. The molecule has 2 aromatic rings. The number of nitrogens with one attached hydrogen (secondary N) is 1. The quantitative estimate of drug-likeness (QED) is 0.871. The molecule has 0 radical (unpaired) electrons. The van der Waals surface area contributed by atoms with Gasteiger partial charge in [-0.05, 0) is 30.2 Å². The summed E-state index contributed by atoms with van der Waals surface area (Å²) in [6.45, 7) is 6.44. The van der Waals surface area contributed by atoms with Crippen LogP contribution in [0.2, 0.25) is 0 Å². The van der Waals surface area contributed by atoms with E-state index in [-0.39, 0.29) is 11.2 Å². The van der Waals surface area contributed by atoms with Gasteiger partial charge in [0.1, 0.15) is 0 Å². The molecule has 1 heterocycles. The van der Waals surface area contributed by atoms with E-state index in [9.17, 15) is 13.2 Å². The molecule has 1 amide bonds. The predicted molar refractivity (Wildman–Crippen MR) is 86.6 cm³/mol. The lowest BCUT2D eigenvalue weighted by atomic mass is 9.82. The third-order valence-corrected chi connectivity index (χ3v) is 4.43. The van der Waals surface area contributed by atoms with E-state index in [2.05, 4.69) is 5.32 Å². The second-order valence-corrected chi connectivity index (χ2v) is 7.54. The zero-order chi connectivity index (χ0) is 17.3. The van der Waals surface area contributed by atoms with Gasteiger partial charge in [-0.2, -0.15) is 0 Å². The molecular formula is C16H20N2O4S. The number of carbonyl (C=O) groups is 1. The molecule has 23 heavy (non-hydrogen) atoms. The highest BCUT2D eigenvalue weighted by molar-refractivity contribution is 7.89. The maximum absolute atomic E-state index is 12.1. The summed E-state index contributed by atoms with van der Waals surface area (Å²) in [6, 6.07) is 10.4. The molecule has 0 bridgehead atoms. The van der Waals surface area contributed by atoms with Crippen molar-refractivity contribution in [2.75, 3.05) is 6.54 Å². The molecule has 124 valence electrons. The van der Waals surface area contributed by atoms with Crippen LogP contribution in [0, 0.1) is 6.92 Å². The van der Waals surface area contributed by atoms with Crippen LogP contribution in [0.4, 0.5) is 0 Å². The van der Waals surface area contributed by atoms with Crippen LogP contribution in [-0.2, 0) is 15.4 Å². The lowest BCUT2D eigenvalue weighted by Crippen LogP contribution is -2.37. The smallest absolute Gasteiger partial charge is 0.287 e. The molecule has 0 unspecified atom stereocenters. The molecule has 1 aromatic carbocycles. The van der Waals surface area contributed by atoms with E-state index < -0.39 is 21.0 Å². The van der Waals surface area contributed by atoms with E-state index >= 15 is 0 Å². The average Bonchev–Trinajstić information content (AvgIpc) is 2.95. The number of primary sulfonamides is 1. The monoisotopic (exact) mass is 336 g/mol. The number of hydrogen-bond donors (Lipinski definition) is 2. The van der Waals surface area contributed by atoms with Crippen molar-refractivity contribution in [3.05, 3.63) is 53.3 Å². The van der Waals surface area contributed by atoms with Gasteiger partial charge in [-0.25, -0.2) is 13.6 Å². The number of benzene rings is 1. The van der Waals surface area contributed by atoms with E-state index in [1.807, 2.05) is 45.0 Å². The fraction of sp³-hybridized carbons (Fsp3) is 0.312. The standard InChI is InChI=1S/C16H20N2O4S/c1-11-6-4-5-7-12(11)16(2,3)10-18-15(19)13-8-9-14(22-13)23(17,20)21/h4-9H,10H2,1-3H3,(H,18,19)(H2,17,20,21). The zero-order valence-electron chi connectivity index (χ0n) is 13.3. The van der Waals surface area contributed by atoms with E-state index in [4.69, 9.17) is 9.56 Å². The van der Waals surface area contributed by atoms with Gasteiger partial charge in [0.25, 0.3) is 15.9 Å². The molecule has 2 rings (SSSR count). The normalized spacial score (nSPS) is 12.2. The second-order valence-electron chi connectivity index (χ2n) is 6.05. The van der Waals surface area contributed by atoms with Gasteiger partial charge >= 0.3 is 0 Å². The van der Waals surface area contributed by atoms with Crippen LogP contribution >= 0.6 is 0 Å². The number of amides is 1. The topological polar surface area (TPSA) is 102 Å². The second kappa shape index (κ2) is 6.17. The van der Waals surface area contributed by atoms with Gasteiger partial charge < -0.3 is 9.73 Å². The first-order valence-corrected chi connectivity index (χ1v) is 8.63. The maximum atomic E-state index is 12.1. The fourth-order valence-corrected chi connectivity index (χ4v) is 2.87. The van der Waals surface area contributed by atoms with Gasteiger partial charge in [0.05, 0.1) is 0 Å². The minimum atomic E-state index is -3.95. The first kappa shape index (κ1) is 17.2. The summed E-state index contributed by atoms with van der Waals surface area (Å²) >= 11 is 0. The molecule has 1 aromatic heterocycles. The molecule has 0 saturated heterocycles. The lowest BCUT2D eigenvalue weighted by Gasteiger charge is -2.27. The Morgan fingerprint density at radius 1 is 1.22 bits per heavy atom. The third-order valence-electron chi connectivity index (χ3n) is 3.65. The Hall–Kier alpha value is -2.12. The Labute approximate surface area is 135 Å². The van der Waals surface area contributed by atoms with Crippen molar-refractivity contribution >= 4 is 15.9 Å². The van der Waals surface area contributed by atoms with Gasteiger partial charge in [-0.3, -0.25) is 4.79 Å². The highest BCUT2D eigenvalue weighted by atomic mass is 32.2. The lowest BCUT2D eigenvalue weighted by molar-refractivity contribution is 0.0912. The first-order chi connectivity index (χ1) is 10.6. The SMILES string of the molecule is Cc1ccccc1C(C)(C)CNC(=O)c1ccc(S(N)(=O)=O)o1. The number of rotatable bonds is 5. The van der Waals surface area contributed by atoms with Gasteiger partial charge in [0, 0.05) is 12.0 Å². The van der Waals surface area contributed by atoms with Crippen LogP contribution in [0.15, 0.2) is 45.9 Å². The molecule has 0 fully saturated rings. The Morgan fingerprint density at radius 3 is 2.43 bits per heavy atom. The number of sulfonamides is 1. The summed E-state index contributed by atoms with van der Waals surface area (Å²) in [5.74, 6) is -0.573. The number of aryl methyl sites for hydroxylation is 1. The van der Waals surface area contributed by atoms with Gasteiger partial charge in [0.2, 0.25) is 5.09 Å². The highest BCUT2D eigenvalue weighted by Gasteiger charge is 2.24. The van der Waals surface area contributed by atoms with Crippen molar-refractivity contribution in [1.82, 2.24) is 5.32 Å². The Morgan fingerprint density at radius 2 is 1.87 bits per heavy atom. The molecule has 0 aliphatic rings. The highest BCUT2D eigenvalue weighted by Crippen LogP contribution is 2.25. The van der Waals surface area contributed by atoms with E-state index in [1.54, 1.807) is 0 Å². The summed E-state index contributed by atoms with van der Waals surface area (Å²) < 4.78 is 27.3. The summed E-state index contributed by atoms with van der Waals surface area (Å²) in [4.78, 5) is 12.1. The average molecular weight is 336 g/mol. The van der Waals surface area contributed by atoms with Crippen molar-refractivity contribution in [1.29, 1.82) is 0 Å². The predicted octanol–water partition coefficient (Wildman–Crippen LogP) is 1.94. The van der Waals surface area contributed by atoms with Crippen LogP contribution in [0.25, 0.3) is 0 Å². The van der Waals surface area contributed by atoms with E-state index in [0.717, 1.165) is 17.2 Å². The molecule has 7 heteroatoms. The van der Waals surface area contributed by atoms with Gasteiger partial charge in [-0.15, -0.1) is 0 Å². The fourth-order valence-electron chi connectivity index (χ4n) is 2.41. The third kappa shape index (κ3) is 4.00. The Kier molecular flexibility index (Phi) is 4.63. The maximum Gasteiger partial charge on any atom is 0.287 e. The number of carbonyl (C=O) groups excluding carboxylic acids is 1. The van der Waals surface area contributed by atoms with Crippen molar-refractivity contribution in [3.8, 4) is 0 Å². The summed E-state index contributed by atoms with van der Waals surface area (Å²) in [7, 11) is -3.95. The minimum Gasteiger partial charge on any atom is -0.438 e. The van der Waals surface area contributed by atoms with E-state index in [0.29, 0.717) is 6.54 Å². The molecule has 0 aliphatic carbocycles. The van der Waals surface area contributed by atoms with Crippen LogP contribution in [0.1, 0.15) is 35.5 Å². The molecular weight excluding hydrogens is 316 g/mol. The number of furan rings is 1. The first-order valence-electron chi connectivity index (χ1n) is 7.08. The summed E-state index contributed by atoms with van der Waals surface area (Å²) in [5, 5.41) is 7.28. The molecule has 0 aliphatic heterocycles.